The number of hydrogen-bond acceptors (Lipinski definition) is 5. The summed E-state index contributed by atoms with van der Waals surface area (Å²) >= 11 is 12.2. The second-order valence-electron chi connectivity index (χ2n) is 7.71. The van der Waals surface area contributed by atoms with Gasteiger partial charge in [0.05, 0.1) is 6.21 Å². The Balaban J connectivity index is 1.45. The zero-order valence-corrected chi connectivity index (χ0v) is 19.9. The van der Waals surface area contributed by atoms with E-state index in [2.05, 4.69) is 15.0 Å². The van der Waals surface area contributed by atoms with Crippen LogP contribution in [0.15, 0.2) is 78.2 Å². The van der Waals surface area contributed by atoms with Crippen molar-refractivity contribution in [2.45, 2.75) is 0 Å². The molecule has 0 radical (unpaired) electrons. The molecule has 34 heavy (non-hydrogen) atoms. The molecule has 2 aromatic carbocycles. The highest BCUT2D eigenvalue weighted by Crippen LogP contribution is 2.20. The maximum atomic E-state index is 13.1. The van der Waals surface area contributed by atoms with Crippen molar-refractivity contribution in [3.05, 3.63) is 94.2 Å². The summed E-state index contributed by atoms with van der Waals surface area (Å²) in [5.41, 5.74) is 2.11. The van der Waals surface area contributed by atoms with Crippen LogP contribution in [-0.4, -0.2) is 65.6 Å². The topological polar surface area (TPSA) is 69.1 Å². The molecule has 0 atom stereocenters. The Morgan fingerprint density at radius 2 is 1.62 bits per heavy atom. The fourth-order valence-electron chi connectivity index (χ4n) is 3.61. The van der Waals surface area contributed by atoms with Gasteiger partial charge in [0.2, 0.25) is 5.91 Å². The lowest BCUT2D eigenvalue weighted by Gasteiger charge is -2.36. The zero-order chi connectivity index (χ0) is 23.9. The first-order valence-corrected chi connectivity index (χ1v) is 11.6. The molecule has 0 bridgehead atoms. The van der Waals surface area contributed by atoms with Crippen molar-refractivity contribution < 1.29 is 9.59 Å². The number of pyridine rings is 1. The van der Waals surface area contributed by atoms with Crippen molar-refractivity contribution in [2.75, 3.05) is 37.6 Å². The van der Waals surface area contributed by atoms with Gasteiger partial charge in [-0.2, -0.15) is 5.10 Å². The minimum absolute atomic E-state index is 0.172. The predicted molar refractivity (Wildman–Crippen MR) is 135 cm³/mol. The van der Waals surface area contributed by atoms with Crippen molar-refractivity contribution in [2.24, 2.45) is 5.10 Å². The number of halogens is 2. The molecule has 0 saturated carbocycles. The van der Waals surface area contributed by atoms with Crippen molar-refractivity contribution in [3.8, 4) is 0 Å². The highest BCUT2D eigenvalue weighted by Gasteiger charge is 2.25. The van der Waals surface area contributed by atoms with Crippen LogP contribution in [0, 0.1) is 0 Å². The molecule has 7 nitrogen and oxygen atoms in total. The van der Waals surface area contributed by atoms with Gasteiger partial charge in [0.25, 0.3) is 5.91 Å². The van der Waals surface area contributed by atoms with E-state index >= 15 is 0 Å². The van der Waals surface area contributed by atoms with E-state index in [0.29, 0.717) is 47.4 Å². The molecule has 0 unspecified atom stereocenters. The lowest BCUT2D eigenvalue weighted by molar-refractivity contribution is -0.132. The summed E-state index contributed by atoms with van der Waals surface area (Å²) in [6.07, 6.45) is 4.55. The van der Waals surface area contributed by atoms with Crippen LogP contribution in [0.5, 0.6) is 0 Å². The molecule has 0 spiro atoms. The van der Waals surface area contributed by atoms with Crippen LogP contribution in [0.4, 0.5) is 5.69 Å². The molecular formula is C25H23Cl2N5O2. The number of benzene rings is 2. The minimum atomic E-state index is -0.390. The first-order valence-electron chi connectivity index (χ1n) is 10.8. The summed E-state index contributed by atoms with van der Waals surface area (Å²) in [5, 5.41) is 6.69. The molecule has 0 N–H and O–H groups in total. The van der Waals surface area contributed by atoms with Crippen molar-refractivity contribution in [1.29, 1.82) is 0 Å². The summed E-state index contributed by atoms with van der Waals surface area (Å²) in [6, 6.07) is 18.0. The summed E-state index contributed by atoms with van der Waals surface area (Å²) in [7, 11) is 0. The van der Waals surface area contributed by atoms with E-state index in [-0.39, 0.29) is 18.4 Å². The summed E-state index contributed by atoms with van der Waals surface area (Å²) in [4.78, 5) is 34.1. The lowest BCUT2D eigenvalue weighted by atomic mass is 10.2. The van der Waals surface area contributed by atoms with Gasteiger partial charge in [-0.25, -0.2) is 5.01 Å². The number of amides is 2. The van der Waals surface area contributed by atoms with E-state index in [9.17, 15) is 9.59 Å². The first-order chi connectivity index (χ1) is 16.5. The van der Waals surface area contributed by atoms with E-state index in [0.717, 1.165) is 5.69 Å². The van der Waals surface area contributed by atoms with Gasteiger partial charge in [-0.05, 0) is 42.5 Å². The fourth-order valence-corrected chi connectivity index (χ4v) is 3.92. The number of hydrogen-bond donors (Lipinski definition) is 0. The largest absolute Gasteiger partial charge is 0.368 e. The second kappa shape index (κ2) is 11.1. The van der Waals surface area contributed by atoms with E-state index in [1.165, 1.54) is 23.6 Å². The number of hydrazone groups is 1. The van der Waals surface area contributed by atoms with Crippen LogP contribution in [0.1, 0.15) is 15.9 Å². The van der Waals surface area contributed by atoms with E-state index in [1.54, 1.807) is 29.2 Å². The van der Waals surface area contributed by atoms with Gasteiger partial charge in [-0.3, -0.25) is 14.6 Å². The van der Waals surface area contributed by atoms with Crippen LogP contribution in [-0.2, 0) is 4.79 Å². The highest BCUT2D eigenvalue weighted by molar-refractivity contribution is 6.33. The molecule has 1 aliphatic rings. The van der Waals surface area contributed by atoms with Crippen LogP contribution in [0.3, 0.4) is 0 Å². The number of carbonyl (C=O) groups excluding carboxylic acids is 2. The SMILES string of the molecule is O=C(CN(/N=C/c1ccccc1Cl)C(=O)c1ccncc1)N1CCN(c2ccc(Cl)cc2)CC1. The Hall–Kier alpha value is -3.42. The Morgan fingerprint density at radius 3 is 2.29 bits per heavy atom. The average Bonchev–Trinajstić information content (AvgIpc) is 2.88. The fraction of sp³-hybridized carbons (Fsp3) is 0.200. The Bertz CT molecular complexity index is 1160. The van der Waals surface area contributed by atoms with Crippen molar-refractivity contribution >= 4 is 46.9 Å². The average molecular weight is 496 g/mol. The summed E-state index contributed by atoms with van der Waals surface area (Å²) in [6.45, 7) is 2.30. The summed E-state index contributed by atoms with van der Waals surface area (Å²) in [5.74, 6) is -0.562. The quantitative estimate of drug-likeness (QED) is 0.379. The maximum Gasteiger partial charge on any atom is 0.274 e. The van der Waals surface area contributed by atoms with Gasteiger partial charge >= 0.3 is 0 Å². The van der Waals surface area contributed by atoms with Gasteiger partial charge in [-0.15, -0.1) is 0 Å². The van der Waals surface area contributed by atoms with E-state index in [1.807, 2.05) is 36.4 Å². The van der Waals surface area contributed by atoms with E-state index in [4.69, 9.17) is 23.2 Å². The number of piperazine rings is 1. The lowest BCUT2D eigenvalue weighted by Crippen LogP contribution is -2.51. The van der Waals surface area contributed by atoms with Crippen LogP contribution >= 0.6 is 23.2 Å². The van der Waals surface area contributed by atoms with Gasteiger partial charge in [0, 0.05) is 65.4 Å². The highest BCUT2D eigenvalue weighted by atomic mass is 35.5. The molecule has 174 valence electrons. The Labute approximate surface area is 208 Å². The number of rotatable bonds is 6. The molecule has 2 amide bonds. The summed E-state index contributed by atoms with van der Waals surface area (Å²) < 4.78 is 0. The van der Waals surface area contributed by atoms with Crippen molar-refractivity contribution in [1.82, 2.24) is 14.9 Å². The number of carbonyl (C=O) groups is 2. The number of anilines is 1. The van der Waals surface area contributed by atoms with Gasteiger partial charge in [0.1, 0.15) is 6.54 Å². The third-order valence-corrected chi connectivity index (χ3v) is 6.11. The molecule has 4 rings (SSSR count). The van der Waals surface area contributed by atoms with Crippen LogP contribution in [0.2, 0.25) is 10.0 Å². The van der Waals surface area contributed by atoms with Gasteiger partial charge in [-0.1, -0.05) is 41.4 Å². The zero-order valence-electron chi connectivity index (χ0n) is 18.3. The molecule has 9 heteroatoms. The molecule has 3 aromatic rings. The molecule has 1 aromatic heterocycles. The molecule has 0 aliphatic carbocycles. The molecule has 2 heterocycles. The Morgan fingerprint density at radius 1 is 0.941 bits per heavy atom. The predicted octanol–water partition coefficient (Wildman–Crippen LogP) is 4.21. The Kier molecular flexibility index (Phi) is 7.77. The molecule has 1 aliphatic heterocycles. The number of nitrogens with zero attached hydrogens (tertiary/aromatic N) is 5. The minimum Gasteiger partial charge on any atom is -0.368 e. The second-order valence-corrected chi connectivity index (χ2v) is 8.55. The van der Waals surface area contributed by atoms with Crippen molar-refractivity contribution in [3.63, 3.8) is 0 Å². The van der Waals surface area contributed by atoms with Crippen LogP contribution < -0.4 is 4.90 Å². The first kappa shape index (κ1) is 23.7. The smallest absolute Gasteiger partial charge is 0.274 e. The standard InChI is InChI=1S/C25H23Cl2N5O2/c26-21-5-7-22(8-6-21)30-13-15-31(16-14-30)24(33)18-32(25(34)19-9-11-28-12-10-19)29-17-20-3-1-2-4-23(20)27/h1-12,17H,13-16,18H2/b29-17+. The molecule has 1 fully saturated rings. The third kappa shape index (κ3) is 5.92. The van der Waals surface area contributed by atoms with Gasteiger partial charge < -0.3 is 9.80 Å². The van der Waals surface area contributed by atoms with Gasteiger partial charge in [0.15, 0.2) is 0 Å². The monoisotopic (exact) mass is 495 g/mol. The van der Waals surface area contributed by atoms with Crippen LogP contribution in [0.25, 0.3) is 0 Å². The normalized spacial score (nSPS) is 13.8. The molecular weight excluding hydrogens is 473 g/mol. The third-order valence-electron chi connectivity index (χ3n) is 5.51. The molecule has 1 saturated heterocycles. The maximum absolute atomic E-state index is 13.1. The number of aromatic nitrogens is 1. The van der Waals surface area contributed by atoms with E-state index < -0.39 is 0 Å².